The van der Waals surface area contributed by atoms with Crippen LogP contribution in [0.3, 0.4) is 0 Å². The van der Waals surface area contributed by atoms with Crippen molar-refractivity contribution in [3.8, 4) is 11.1 Å². The molecule has 0 unspecified atom stereocenters. The first kappa shape index (κ1) is 13.9. The number of halogens is 3. The zero-order valence-corrected chi connectivity index (χ0v) is 12.3. The fourth-order valence-corrected chi connectivity index (χ4v) is 2.67. The molecule has 0 aliphatic rings. The maximum Gasteiger partial charge on any atom is 0.203 e. The van der Waals surface area contributed by atoms with Crippen LogP contribution in [0.5, 0.6) is 0 Å². The molecule has 0 aliphatic heterocycles. The molecule has 106 valence electrons. The highest BCUT2D eigenvalue weighted by atomic mass is 79.9. The monoisotopic (exact) mass is 350 g/mol. The van der Waals surface area contributed by atoms with Gasteiger partial charge < -0.3 is 4.42 Å². The summed E-state index contributed by atoms with van der Waals surface area (Å²) < 4.78 is 32.9. The van der Waals surface area contributed by atoms with Gasteiger partial charge in [0, 0.05) is 0 Å². The summed E-state index contributed by atoms with van der Waals surface area (Å²) in [7, 11) is 0. The van der Waals surface area contributed by atoms with Crippen LogP contribution in [0.25, 0.3) is 22.1 Å². The molecule has 0 amide bonds. The SMILES string of the molecule is O=c1c(-c2cccc(F)c2)c(CBr)oc2cccc(F)c12. The van der Waals surface area contributed by atoms with Crippen LogP contribution in [-0.2, 0) is 5.33 Å². The standard InChI is InChI=1S/C16H9BrF2O2/c17-8-13-14(9-3-1-4-10(18)7-9)16(20)15-11(19)5-2-6-12(15)21-13/h1-7H,8H2. The highest BCUT2D eigenvalue weighted by molar-refractivity contribution is 9.08. The van der Waals surface area contributed by atoms with E-state index in [1.165, 1.54) is 36.4 Å². The summed E-state index contributed by atoms with van der Waals surface area (Å²) in [5, 5.41) is 0.141. The second kappa shape index (κ2) is 5.41. The van der Waals surface area contributed by atoms with Gasteiger partial charge in [0.15, 0.2) is 0 Å². The van der Waals surface area contributed by atoms with E-state index in [1.807, 2.05) is 0 Å². The topological polar surface area (TPSA) is 30.2 Å². The van der Waals surface area contributed by atoms with Gasteiger partial charge in [-0.3, -0.25) is 4.79 Å². The smallest absolute Gasteiger partial charge is 0.203 e. The third-order valence-electron chi connectivity index (χ3n) is 3.18. The number of alkyl halides is 1. The van der Waals surface area contributed by atoms with Gasteiger partial charge in [-0.05, 0) is 29.8 Å². The molecule has 2 aromatic carbocycles. The van der Waals surface area contributed by atoms with Crippen molar-refractivity contribution in [2.75, 3.05) is 0 Å². The lowest BCUT2D eigenvalue weighted by molar-refractivity contribution is 0.558. The molecule has 3 aromatic rings. The van der Waals surface area contributed by atoms with Crippen molar-refractivity contribution < 1.29 is 13.2 Å². The Kier molecular flexibility index (Phi) is 3.59. The van der Waals surface area contributed by atoms with Gasteiger partial charge in [-0.25, -0.2) is 8.78 Å². The van der Waals surface area contributed by atoms with Crippen LogP contribution in [0.1, 0.15) is 5.76 Å². The summed E-state index contributed by atoms with van der Waals surface area (Å²) in [5.74, 6) is -0.787. The zero-order valence-electron chi connectivity index (χ0n) is 10.7. The molecule has 2 nitrogen and oxygen atoms in total. The van der Waals surface area contributed by atoms with E-state index >= 15 is 0 Å². The van der Waals surface area contributed by atoms with Crippen LogP contribution < -0.4 is 5.43 Å². The molecular formula is C16H9BrF2O2. The number of benzene rings is 2. The molecule has 0 atom stereocenters. The third kappa shape index (κ3) is 2.38. The first-order valence-corrected chi connectivity index (χ1v) is 7.30. The molecule has 21 heavy (non-hydrogen) atoms. The summed E-state index contributed by atoms with van der Waals surface area (Å²) in [5.41, 5.74) is 0.205. The van der Waals surface area contributed by atoms with E-state index in [1.54, 1.807) is 6.07 Å². The zero-order chi connectivity index (χ0) is 15.0. The van der Waals surface area contributed by atoms with Gasteiger partial charge in [-0.2, -0.15) is 0 Å². The molecule has 0 fully saturated rings. The van der Waals surface area contributed by atoms with E-state index in [4.69, 9.17) is 4.42 Å². The Hall–Kier alpha value is -2.01. The van der Waals surface area contributed by atoms with Crippen molar-refractivity contribution in [2.24, 2.45) is 0 Å². The summed E-state index contributed by atoms with van der Waals surface area (Å²) in [6.45, 7) is 0. The lowest BCUT2D eigenvalue weighted by Crippen LogP contribution is -2.10. The van der Waals surface area contributed by atoms with Crippen molar-refractivity contribution in [2.45, 2.75) is 5.33 Å². The van der Waals surface area contributed by atoms with Gasteiger partial charge in [0.1, 0.15) is 28.4 Å². The second-order valence-corrected chi connectivity index (χ2v) is 5.05. The first-order chi connectivity index (χ1) is 10.1. The first-order valence-electron chi connectivity index (χ1n) is 6.18. The van der Waals surface area contributed by atoms with Gasteiger partial charge in [0.05, 0.1) is 10.9 Å². The van der Waals surface area contributed by atoms with E-state index in [0.29, 0.717) is 11.3 Å². The molecule has 0 radical (unpaired) electrons. The van der Waals surface area contributed by atoms with Gasteiger partial charge >= 0.3 is 0 Å². The van der Waals surface area contributed by atoms with E-state index in [2.05, 4.69) is 15.9 Å². The van der Waals surface area contributed by atoms with E-state index in [9.17, 15) is 13.6 Å². The lowest BCUT2D eigenvalue weighted by atomic mass is 10.0. The second-order valence-electron chi connectivity index (χ2n) is 4.49. The van der Waals surface area contributed by atoms with Crippen LogP contribution in [0.2, 0.25) is 0 Å². The Morgan fingerprint density at radius 3 is 2.57 bits per heavy atom. The highest BCUT2D eigenvalue weighted by Gasteiger charge is 2.18. The summed E-state index contributed by atoms with van der Waals surface area (Å²) >= 11 is 3.24. The van der Waals surface area contributed by atoms with Gasteiger partial charge in [0.2, 0.25) is 5.43 Å². The van der Waals surface area contributed by atoms with Gasteiger partial charge in [-0.15, -0.1) is 0 Å². The predicted molar refractivity (Wildman–Crippen MR) is 80.5 cm³/mol. The number of rotatable bonds is 2. The summed E-state index contributed by atoms with van der Waals surface area (Å²) in [4.78, 5) is 12.6. The maximum atomic E-state index is 13.9. The van der Waals surface area contributed by atoms with Crippen molar-refractivity contribution in [1.29, 1.82) is 0 Å². The third-order valence-corrected chi connectivity index (χ3v) is 3.69. The van der Waals surface area contributed by atoms with Crippen LogP contribution in [0.4, 0.5) is 8.78 Å². The quantitative estimate of drug-likeness (QED) is 0.630. The molecule has 0 aliphatic carbocycles. The molecule has 1 aromatic heterocycles. The molecule has 0 N–H and O–H groups in total. The Morgan fingerprint density at radius 2 is 1.86 bits per heavy atom. The van der Waals surface area contributed by atoms with Crippen LogP contribution >= 0.6 is 15.9 Å². The van der Waals surface area contributed by atoms with Crippen LogP contribution in [0.15, 0.2) is 51.7 Å². The Balaban J connectivity index is 2.44. The van der Waals surface area contributed by atoms with Crippen molar-refractivity contribution in [3.63, 3.8) is 0 Å². The predicted octanol–water partition coefficient (Wildman–Crippen LogP) is 4.63. The molecule has 0 spiro atoms. The van der Waals surface area contributed by atoms with E-state index in [-0.39, 0.29) is 21.9 Å². The Bertz CT molecular complexity index is 887. The molecule has 0 saturated heterocycles. The summed E-state index contributed by atoms with van der Waals surface area (Å²) in [6, 6.07) is 9.79. The van der Waals surface area contributed by atoms with Gasteiger partial charge in [-0.1, -0.05) is 34.1 Å². The Morgan fingerprint density at radius 1 is 1.10 bits per heavy atom. The molecular weight excluding hydrogens is 342 g/mol. The maximum absolute atomic E-state index is 13.9. The normalized spacial score (nSPS) is 11.0. The van der Waals surface area contributed by atoms with Crippen molar-refractivity contribution in [1.82, 2.24) is 0 Å². The highest BCUT2D eigenvalue weighted by Crippen LogP contribution is 2.27. The van der Waals surface area contributed by atoms with E-state index < -0.39 is 17.1 Å². The fraction of sp³-hybridized carbons (Fsp3) is 0.0625. The minimum absolute atomic E-state index is 0.124. The number of hydrogen-bond acceptors (Lipinski definition) is 2. The minimum Gasteiger partial charge on any atom is -0.459 e. The lowest BCUT2D eigenvalue weighted by Gasteiger charge is -2.08. The molecule has 5 heteroatoms. The summed E-state index contributed by atoms with van der Waals surface area (Å²) in [6.07, 6.45) is 0. The van der Waals surface area contributed by atoms with Crippen LogP contribution in [-0.4, -0.2) is 0 Å². The average molecular weight is 351 g/mol. The number of hydrogen-bond donors (Lipinski definition) is 0. The number of fused-ring (bicyclic) bond motifs is 1. The molecule has 0 saturated carbocycles. The molecule has 1 heterocycles. The minimum atomic E-state index is -0.653. The molecule has 0 bridgehead atoms. The fourth-order valence-electron chi connectivity index (χ4n) is 2.28. The Labute approximate surface area is 127 Å². The van der Waals surface area contributed by atoms with Gasteiger partial charge in [0.25, 0.3) is 0 Å². The van der Waals surface area contributed by atoms with Crippen LogP contribution in [0, 0.1) is 11.6 Å². The van der Waals surface area contributed by atoms with E-state index in [0.717, 1.165) is 0 Å². The molecule has 3 rings (SSSR count). The van der Waals surface area contributed by atoms with Crippen molar-refractivity contribution >= 4 is 26.9 Å². The average Bonchev–Trinajstić information content (AvgIpc) is 2.46. The largest absolute Gasteiger partial charge is 0.459 e. The van der Waals surface area contributed by atoms with Crippen molar-refractivity contribution in [3.05, 3.63) is 70.1 Å².